The van der Waals surface area contributed by atoms with Crippen LogP contribution in [0.5, 0.6) is 0 Å². The number of rotatable bonds is 4. The molecule has 0 amide bonds. The first kappa shape index (κ1) is 17.5. The number of halogens is 2. The molecular weight excluding hydrogens is 444 g/mol. The van der Waals surface area contributed by atoms with Gasteiger partial charge in [-0.3, -0.25) is 4.57 Å². The molecule has 2 aromatic carbocycles. The van der Waals surface area contributed by atoms with Crippen LogP contribution in [-0.2, 0) is 0 Å². The quantitative estimate of drug-likeness (QED) is 0.443. The molecule has 0 unspecified atom stereocenters. The maximum absolute atomic E-state index is 13.0. The topological polar surface area (TPSA) is 73.0 Å². The van der Waals surface area contributed by atoms with Crippen molar-refractivity contribution in [3.8, 4) is 5.69 Å². The van der Waals surface area contributed by atoms with E-state index in [1.54, 1.807) is 10.6 Å². The van der Waals surface area contributed by atoms with Gasteiger partial charge in [-0.15, -0.1) is 0 Å². The Kier molecular flexibility index (Phi) is 4.21. The first-order valence-corrected chi connectivity index (χ1v) is 9.96. The van der Waals surface area contributed by atoms with Crippen molar-refractivity contribution in [3.05, 3.63) is 74.4 Å². The van der Waals surface area contributed by atoms with Crippen LogP contribution in [-0.4, -0.2) is 14.7 Å². The van der Waals surface area contributed by atoms with Gasteiger partial charge >= 0.3 is 5.69 Å². The number of aromatic nitrogens is 3. The van der Waals surface area contributed by atoms with E-state index in [1.165, 1.54) is 18.0 Å². The molecule has 0 spiro atoms. The molecule has 0 aliphatic heterocycles. The van der Waals surface area contributed by atoms with Gasteiger partial charge in [0.05, 0.1) is 22.4 Å². The minimum Gasteiger partial charge on any atom is -0.363 e. The van der Waals surface area contributed by atoms with E-state index in [0.29, 0.717) is 28.1 Å². The molecule has 140 valence electrons. The maximum Gasteiger partial charge on any atom is 0.354 e. The van der Waals surface area contributed by atoms with E-state index < -0.39 is 5.69 Å². The molecule has 8 heteroatoms. The van der Waals surface area contributed by atoms with Crippen LogP contribution in [0.3, 0.4) is 0 Å². The summed E-state index contributed by atoms with van der Waals surface area (Å²) in [5.74, 6) is 0.950. The lowest BCUT2D eigenvalue weighted by Crippen LogP contribution is -2.23. The zero-order chi connectivity index (χ0) is 19.3. The molecule has 1 aliphatic carbocycles. The summed E-state index contributed by atoms with van der Waals surface area (Å²) in [5.41, 5.74) is 2.74. The number of nitrogens with one attached hydrogen (secondary N) is 1. The van der Waals surface area contributed by atoms with E-state index in [0.717, 1.165) is 28.2 Å². The van der Waals surface area contributed by atoms with Crippen LogP contribution in [0, 0.1) is 0 Å². The Morgan fingerprint density at radius 2 is 2.07 bits per heavy atom. The maximum atomic E-state index is 13.0. The first-order valence-electron chi connectivity index (χ1n) is 8.79. The fourth-order valence-electron chi connectivity index (χ4n) is 3.33. The highest BCUT2D eigenvalue weighted by Gasteiger charge is 2.27. The summed E-state index contributed by atoms with van der Waals surface area (Å²) in [6.45, 7) is 0. The van der Waals surface area contributed by atoms with Gasteiger partial charge in [-0.25, -0.2) is 4.79 Å². The lowest BCUT2D eigenvalue weighted by Gasteiger charge is -2.16. The number of fused-ring (bicyclic) bond motifs is 1. The molecule has 1 aliphatic rings. The number of hydrogen-bond donors (Lipinski definition) is 1. The summed E-state index contributed by atoms with van der Waals surface area (Å²) < 4.78 is 7.44. The Labute approximate surface area is 173 Å². The average molecular weight is 458 g/mol. The monoisotopic (exact) mass is 456 g/mol. The van der Waals surface area contributed by atoms with Crippen molar-refractivity contribution in [3.63, 3.8) is 0 Å². The highest BCUT2D eigenvalue weighted by Crippen LogP contribution is 2.45. The molecule has 0 saturated heterocycles. The lowest BCUT2D eigenvalue weighted by atomic mass is 10.1. The highest BCUT2D eigenvalue weighted by atomic mass is 79.9. The fourth-order valence-corrected chi connectivity index (χ4v) is 4.22. The van der Waals surface area contributed by atoms with Gasteiger partial charge in [0.15, 0.2) is 0 Å². The minimum absolute atomic E-state index is 0.413. The van der Waals surface area contributed by atoms with Gasteiger partial charge in [-0.1, -0.05) is 44.8 Å². The second kappa shape index (κ2) is 6.76. The predicted molar refractivity (Wildman–Crippen MR) is 112 cm³/mol. The first-order chi connectivity index (χ1) is 13.6. The van der Waals surface area contributed by atoms with Gasteiger partial charge in [0, 0.05) is 9.86 Å². The van der Waals surface area contributed by atoms with Gasteiger partial charge in [0.1, 0.15) is 17.8 Å². The smallest absolute Gasteiger partial charge is 0.354 e. The lowest BCUT2D eigenvalue weighted by molar-refractivity contribution is 0.420. The Hall–Kier alpha value is -2.64. The molecule has 2 heterocycles. The summed E-state index contributed by atoms with van der Waals surface area (Å²) in [6, 6.07) is 11.3. The number of anilines is 2. The Bertz CT molecular complexity index is 1250. The number of hydrogen-bond acceptors (Lipinski definition) is 5. The van der Waals surface area contributed by atoms with Crippen molar-refractivity contribution in [1.29, 1.82) is 0 Å². The molecule has 0 bridgehead atoms. The van der Waals surface area contributed by atoms with Crippen LogP contribution in [0.25, 0.3) is 16.6 Å². The zero-order valence-electron chi connectivity index (χ0n) is 14.5. The second-order valence-electron chi connectivity index (χ2n) is 6.73. The van der Waals surface area contributed by atoms with E-state index >= 15 is 0 Å². The molecule has 5 rings (SSSR count). The Balaban J connectivity index is 1.82. The molecule has 28 heavy (non-hydrogen) atoms. The van der Waals surface area contributed by atoms with Crippen molar-refractivity contribution < 1.29 is 4.52 Å². The fraction of sp³-hybridized carbons (Fsp3) is 0.150. The third-order valence-corrected chi connectivity index (χ3v) is 5.82. The molecule has 0 radical (unpaired) electrons. The van der Waals surface area contributed by atoms with Crippen LogP contribution in [0.2, 0.25) is 5.02 Å². The van der Waals surface area contributed by atoms with Gasteiger partial charge < -0.3 is 9.84 Å². The van der Waals surface area contributed by atoms with Crippen molar-refractivity contribution in [2.45, 2.75) is 18.8 Å². The molecule has 1 N–H and O–H groups in total. The molecule has 1 saturated carbocycles. The average Bonchev–Trinajstić information content (AvgIpc) is 3.39. The normalized spacial score (nSPS) is 13.8. The van der Waals surface area contributed by atoms with Gasteiger partial charge in [0.25, 0.3) is 0 Å². The summed E-state index contributed by atoms with van der Waals surface area (Å²) >= 11 is 10.1. The third kappa shape index (κ3) is 3.00. The summed E-state index contributed by atoms with van der Waals surface area (Å²) in [5, 5.41) is 8.08. The number of benzene rings is 2. The van der Waals surface area contributed by atoms with Gasteiger partial charge in [-0.05, 0) is 48.6 Å². The van der Waals surface area contributed by atoms with Crippen molar-refractivity contribution >= 4 is 49.9 Å². The highest BCUT2D eigenvalue weighted by molar-refractivity contribution is 9.10. The number of nitrogens with zero attached hydrogens (tertiary/aromatic N) is 3. The Morgan fingerprint density at radius 3 is 2.79 bits per heavy atom. The van der Waals surface area contributed by atoms with Gasteiger partial charge in [-0.2, -0.15) is 4.98 Å². The molecule has 1 fully saturated rings. The van der Waals surface area contributed by atoms with E-state index in [1.807, 2.05) is 24.3 Å². The van der Waals surface area contributed by atoms with Crippen LogP contribution >= 0.6 is 27.5 Å². The standard InChI is InChI=1S/C20H14BrClN4O2/c21-15-7-14-18(8-13(15)11-5-6-11)26(17-4-2-1-3-16(17)22)20(27)25-19(14)24-12-9-23-28-10-12/h1-4,7-11H,5-6H2,(H,24,25,27). The molecule has 4 aromatic rings. The zero-order valence-corrected chi connectivity index (χ0v) is 16.9. The third-order valence-electron chi connectivity index (χ3n) is 4.82. The number of para-hydroxylation sites is 1. The second-order valence-corrected chi connectivity index (χ2v) is 7.99. The molecule has 0 atom stereocenters. The van der Waals surface area contributed by atoms with E-state index in [9.17, 15) is 4.79 Å². The van der Waals surface area contributed by atoms with Crippen molar-refractivity contribution in [2.24, 2.45) is 0 Å². The Morgan fingerprint density at radius 1 is 1.25 bits per heavy atom. The molecule has 6 nitrogen and oxygen atoms in total. The minimum atomic E-state index is -0.413. The predicted octanol–water partition coefficient (Wildman–Crippen LogP) is 5.41. The SMILES string of the molecule is O=c1nc(Nc2cnoc2)c2cc(Br)c(C3CC3)cc2n1-c1ccccc1Cl. The van der Waals surface area contributed by atoms with Crippen molar-refractivity contribution in [1.82, 2.24) is 14.7 Å². The van der Waals surface area contributed by atoms with E-state index in [-0.39, 0.29) is 0 Å². The summed E-state index contributed by atoms with van der Waals surface area (Å²) in [7, 11) is 0. The van der Waals surface area contributed by atoms with Crippen LogP contribution in [0.4, 0.5) is 11.5 Å². The van der Waals surface area contributed by atoms with E-state index in [4.69, 9.17) is 16.1 Å². The van der Waals surface area contributed by atoms with Gasteiger partial charge in [0.2, 0.25) is 0 Å². The molecular formula is C20H14BrClN4O2. The van der Waals surface area contributed by atoms with Crippen molar-refractivity contribution in [2.75, 3.05) is 5.32 Å². The summed E-state index contributed by atoms with van der Waals surface area (Å²) in [6.07, 6.45) is 5.29. The largest absolute Gasteiger partial charge is 0.363 e. The molecule has 2 aromatic heterocycles. The van der Waals surface area contributed by atoms with Crippen LogP contribution in [0.15, 0.2) is 62.6 Å². The van der Waals surface area contributed by atoms with Crippen LogP contribution in [0.1, 0.15) is 24.3 Å². The van der Waals surface area contributed by atoms with E-state index in [2.05, 4.69) is 37.5 Å². The van der Waals surface area contributed by atoms with Crippen LogP contribution < -0.4 is 11.0 Å². The summed E-state index contributed by atoms with van der Waals surface area (Å²) in [4.78, 5) is 17.3.